The first-order chi connectivity index (χ1) is 11.6. The first-order valence-corrected chi connectivity index (χ1v) is 7.66. The van der Waals surface area contributed by atoms with Crippen LogP contribution in [0.25, 0.3) is 0 Å². The highest BCUT2D eigenvalue weighted by Crippen LogP contribution is 2.23. The van der Waals surface area contributed by atoms with Crippen LogP contribution in [0.1, 0.15) is 20.8 Å². The van der Waals surface area contributed by atoms with Crippen LogP contribution in [0.2, 0.25) is 0 Å². The van der Waals surface area contributed by atoms with Gasteiger partial charge >= 0.3 is 5.97 Å². The van der Waals surface area contributed by atoms with Crippen LogP contribution in [0, 0.1) is 0 Å². The highest BCUT2D eigenvalue weighted by Gasteiger charge is 2.46. The standard InChI is InChI=1S/C14H24N2O9/c1-5(13(21)22)15-12(20)6(2)24-11-9(16-7(3)18)14(23)25-8(4-17)10(11)19/h5-6,8-11,14,17,19,23H,4H2,1-3H3,(H,15,20)(H,16,18)(H,21,22)/t5-,6+,8+,9+,10+,11+,14-/m0/s1. The van der Waals surface area contributed by atoms with E-state index >= 15 is 0 Å². The summed E-state index contributed by atoms with van der Waals surface area (Å²) in [5.41, 5.74) is 0. The molecule has 0 spiro atoms. The second kappa shape index (κ2) is 9.06. The van der Waals surface area contributed by atoms with Crippen molar-refractivity contribution in [2.45, 2.75) is 63.6 Å². The molecule has 0 aromatic heterocycles. The molecule has 1 aliphatic rings. The third-order valence-electron chi connectivity index (χ3n) is 3.70. The lowest BCUT2D eigenvalue weighted by atomic mass is 9.96. The number of rotatable bonds is 7. The van der Waals surface area contributed by atoms with Crippen molar-refractivity contribution >= 4 is 17.8 Å². The van der Waals surface area contributed by atoms with Crippen molar-refractivity contribution in [1.29, 1.82) is 0 Å². The summed E-state index contributed by atoms with van der Waals surface area (Å²) < 4.78 is 10.5. The van der Waals surface area contributed by atoms with E-state index in [2.05, 4.69) is 10.6 Å². The molecule has 11 heteroatoms. The van der Waals surface area contributed by atoms with Gasteiger partial charge in [0.1, 0.15) is 36.5 Å². The molecule has 0 aromatic carbocycles. The van der Waals surface area contributed by atoms with Crippen LogP contribution in [0.5, 0.6) is 0 Å². The molecule has 1 heterocycles. The number of amides is 2. The van der Waals surface area contributed by atoms with Gasteiger partial charge in [0.15, 0.2) is 6.29 Å². The van der Waals surface area contributed by atoms with Crippen LogP contribution in [0.4, 0.5) is 0 Å². The molecule has 11 nitrogen and oxygen atoms in total. The van der Waals surface area contributed by atoms with Gasteiger partial charge in [-0.05, 0) is 13.8 Å². The molecule has 25 heavy (non-hydrogen) atoms. The Morgan fingerprint density at radius 1 is 1.24 bits per heavy atom. The Morgan fingerprint density at radius 2 is 1.84 bits per heavy atom. The summed E-state index contributed by atoms with van der Waals surface area (Å²) in [6.07, 6.45) is -6.69. The molecule has 0 bridgehead atoms. The van der Waals surface area contributed by atoms with Crippen molar-refractivity contribution in [1.82, 2.24) is 10.6 Å². The van der Waals surface area contributed by atoms with Gasteiger partial charge in [0.2, 0.25) is 11.8 Å². The summed E-state index contributed by atoms with van der Waals surface area (Å²) in [6, 6.07) is -2.34. The molecule has 7 atom stereocenters. The van der Waals surface area contributed by atoms with Crippen molar-refractivity contribution in [2.24, 2.45) is 0 Å². The fraction of sp³-hybridized carbons (Fsp3) is 0.786. The number of carboxylic acid groups (broad SMARTS) is 1. The lowest BCUT2D eigenvalue weighted by Gasteiger charge is -2.43. The van der Waals surface area contributed by atoms with E-state index in [1.54, 1.807) is 0 Å². The zero-order valence-corrected chi connectivity index (χ0v) is 14.1. The molecule has 144 valence electrons. The average Bonchev–Trinajstić information content (AvgIpc) is 2.52. The maximum atomic E-state index is 12.0. The number of hydrogen-bond donors (Lipinski definition) is 6. The number of nitrogens with one attached hydrogen (secondary N) is 2. The number of hydrogen-bond acceptors (Lipinski definition) is 8. The Balaban J connectivity index is 2.88. The summed E-state index contributed by atoms with van der Waals surface area (Å²) in [4.78, 5) is 34.1. The van der Waals surface area contributed by atoms with Gasteiger partial charge in [0.25, 0.3) is 0 Å². The number of carbonyl (C=O) groups is 3. The Morgan fingerprint density at radius 3 is 2.32 bits per heavy atom. The SMILES string of the molecule is CC(=O)N[C@@H]1[C@@H](O[C@H](C)C(=O)N[C@@H](C)C(=O)O)[C@H](O)[C@@H](CO)O[C@@H]1O. The van der Waals surface area contributed by atoms with Gasteiger partial charge in [-0.2, -0.15) is 0 Å². The monoisotopic (exact) mass is 364 g/mol. The van der Waals surface area contributed by atoms with E-state index in [-0.39, 0.29) is 0 Å². The number of aliphatic hydroxyl groups excluding tert-OH is 3. The lowest BCUT2D eigenvalue weighted by molar-refractivity contribution is -0.266. The van der Waals surface area contributed by atoms with Crippen molar-refractivity contribution in [2.75, 3.05) is 6.61 Å². The van der Waals surface area contributed by atoms with Gasteiger partial charge in [-0.15, -0.1) is 0 Å². The summed E-state index contributed by atoms with van der Waals surface area (Å²) >= 11 is 0. The number of ether oxygens (including phenoxy) is 2. The topological polar surface area (TPSA) is 175 Å². The Bertz CT molecular complexity index is 501. The Kier molecular flexibility index (Phi) is 7.70. The van der Waals surface area contributed by atoms with E-state index in [0.29, 0.717) is 0 Å². The van der Waals surface area contributed by atoms with Crippen LogP contribution in [-0.4, -0.2) is 87.6 Å². The van der Waals surface area contributed by atoms with Gasteiger partial charge in [-0.3, -0.25) is 14.4 Å². The molecular formula is C14H24N2O9. The lowest BCUT2D eigenvalue weighted by Crippen LogP contribution is -2.65. The summed E-state index contributed by atoms with van der Waals surface area (Å²) in [5, 5.41) is 42.7. The van der Waals surface area contributed by atoms with E-state index in [0.717, 1.165) is 0 Å². The first kappa shape index (κ1) is 21.3. The van der Waals surface area contributed by atoms with Crippen LogP contribution in [0.15, 0.2) is 0 Å². The van der Waals surface area contributed by atoms with Crippen molar-refractivity contribution < 1.29 is 44.3 Å². The predicted octanol–water partition coefficient (Wildman–Crippen LogP) is -3.08. The molecule has 1 aliphatic heterocycles. The van der Waals surface area contributed by atoms with Crippen LogP contribution in [-0.2, 0) is 23.9 Å². The smallest absolute Gasteiger partial charge is 0.325 e. The van der Waals surface area contributed by atoms with E-state index in [4.69, 9.17) is 14.6 Å². The zero-order valence-electron chi connectivity index (χ0n) is 14.1. The second-order valence-corrected chi connectivity index (χ2v) is 5.78. The summed E-state index contributed by atoms with van der Waals surface area (Å²) in [6.45, 7) is 3.14. The maximum absolute atomic E-state index is 12.0. The van der Waals surface area contributed by atoms with Crippen LogP contribution >= 0.6 is 0 Å². The van der Waals surface area contributed by atoms with Crippen molar-refractivity contribution in [3.05, 3.63) is 0 Å². The molecular weight excluding hydrogens is 340 g/mol. The van der Waals surface area contributed by atoms with E-state index < -0.39 is 67.2 Å². The number of aliphatic hydroxyl groups is 3. The van der Waals surface area contributed by atoms with Gasteiger partial charge in [0.05, 0.1) is 6.61 Å². The predicted molar refractivity (Wildman–Crippen MR) is 81.2 cm³/mol. The van der Waals surface area contributed by atoms with Gasteiger partial charge in [-0.25, -0.2) is 0 Å². The Labute approximate surface area is 143 Å². The molecule has 2 amide bonds. The quantitative estimate of drug-likeness (QED) is 0.274. The molecule has 0 saturated carbocycles. The van der Waals surface area contributed by atoms with Crippen molar-refractivity contribution in [3.8, 4) is 0 Å². The molecule has 1 saturated heterocycles. The fourth-order valence-electron chi connectivity index (χ4n) is 2.32. The third-order valence-corrected chi connectivity index (χ3v) is 3.70. The molecule has 6 N–H and O–H groups in total. The van der Waals surface area contributed by atoms with Crippen molar-refractivity contribution in [3.63, 3.8) is 0 Å². The highest BCUT2D eigenvalue weighted by atomic mass is 16.6. The molecule has 0 aliphatic carbocycles. The van der Waals surface area contributed by atoms with Gasteiger partial charge in [-0.1, -0.05) is 0 Å². The van der Waals surface area contributed by atoms with Crippen LogP contribution < -0.4 is 10.6 Å². The molecule has 1 rings (SSSR count). The molecule has 1 fully saturated rings. The Hall–Kier alpha value is -1.79. The zero-order chi connectivity index (χ0) is 19.3. The molecule has 0 unspecified atom stereocenters. The largest absolute Gasteiger partial charge is 0.480 e. The minimum atomic E-state index is -1.58. The van der Waals surface area contributed by atoms with E-state index in [1.807, 2.05) is 0 Å². The number of carboxylic acids is 1. The summed E-state index contributed by atoms with van der Waals surface area (Å²) in [5.74, 6) is -2.53. The normalized spacial score (nSPS) is 31.7. The number of aliphatic carboxylic acids is 1. The molecule has 0 radical (unpaired) electrons. The second-order valence-electron chi connectivity index (χ2n) is 5.78. The maximum Gasteiger partial charge on any atom is 0.325 e. The number of carbonyl (C=O) groups excluding carboxylic acids is 2. The third kappa shape index (κ3) is 5.61. The summed E-state index contributed by atoms with van der Waals surface area (Å²) in [7, 11) is 0. The van der Waals surface area contributed by atoms with Gasteiger partial charge < -0.3 is 40.5 Å². The molecule has 0 aromatic rings. The van der Waals surface area contributed by atoms with E-state index in [1.165, 1.54) is 20.8 Å². The highest BCUT2D eigenvalue weighted by molar-refractivity contribution is 5.85. The first-order valence-electron chi connectivity index (χ1n) is 7.66. The average molecular weight is 364 g/mol. The minimum absolute atomic E-state index is 0.535. The van der Waals surface area contributed by atoms with E-state index in [9.17, 15) is 29.7 Å². The van der Waals surface area contributed by atoms with Gasteiger partial charge in [0, 0.05) is 6.92 Å². The van der Waals surface area contributed by atoms with Crippen LogP contribution in [0.3, 0.4) is 0 Å². The minimum Gasteiger partial charge on any atom is -0.480 e. The fourth-order valence-corrected chi connectivity index (χ4v) is 2.32.